The van der Waals surface area contributed by atoms with Crippen LogP contribution in [0.3, 0.4) is 0 Å². The standard InChI is InChI=1S/C10H10N2O2/c11-8-6-9(13)12(10(8)14)7-4-2-1-3-5-7/h1-5,8H,6,11H2/t8-/m1/s1. The van der Waals surface area contributed by atoms with E-state index in [9.17, 15) is 9.59 Å². The Morgan fingerprint density at radius 3 is 2.36 bits per heavy atom. The van der Waals surface area contributed by atoms with E-state index in [4.69, 9.17) is 5.73 Å². The van der Waals surface area contributed by atoms with Gasteiger partial charge in [0.1, 0.15) is 0 Å². The Morgan fingerprint density at radius 2 is 1.86 bits per heavy atom. The first-order valence-corrected chi connectivity index (χ1v) is 4.37. The van der Waals surface area contributed by atoms with E-state index in [1.165, 1.54) is 0 Å². The highest BCUT2D eigenvalue weighted by molar-refractivity contribution is 6.22. The first kappa shape index (κ1) is 8.90. The van der Waals surface area contributed by atoms with Gasteiger partial charge in [0.05, 0.1) is 18.2 Å². The highest BCUT2D eigenvalue weighted by atomic mass is 16.2. The highest BCUT2D eigenvalue weighted by Gasteiger charge is 2.36. The summed E-state index contributed by atoms with van der Waals surface area (Å²) in [5, 5.41) is 0. The zero-order valence-corrected chi connectivity index (χ0v) is 7.51. The Morgan fingerprint density at radius 1 is 1.21 bits per heavy atom. The SMILES string of the molecule is N[C@@H]1CC(=O)N(c2ccccc2)C1=O. The molecule has 72 valence electrons. The van der Waals surface area contributed by atoms with Crippen molar-refractivity contribution in [1.82, 2.24) is 0 Å². The van der Waals surface area contributed by atoms with Crippen molar-refractivity contribution in [2.75, 3.05) is 4.90 Å². The van der Waals surface area contributed by atoms with Crippen LogP contribution in [-0.2, 0) is 9.59 Å². The summed E-state index contributed by atoms with van der Waals surface area (Å²) in [4.78, 5) is 24.1. The maximum atomic E-state index is 11.5. The molecule has 1 aliphatic heterocycles. The van der Waals surface area contributed by atoms with Crippen molar-refractivity contribution >= 4 is 17.5 Å². The molecule has 0 aliphatic carbocycles. The predicted octanol–water partition coefficient (Wildman–Crippen LogP) is 0.277. The van der Waals surface area contributed by atoms with Crippen LogP contribution in [0.2, 0.25) is 0 Å². The molecule has 1 saturated heterocycles. The van der Waals surface area contributed by atoms with E-state index in [1.807, 2.05) is 6.07 Å². The molecule has 1 aliphatic rings. The minimum Gasteiger partial charge on any atom is -0.319 e. The zero-order chi connectivity index (χ0) is 10.1. The fraction of sp³-hybridized carbons (Fsp3) is 0.200. The fourth-order valence-electron chi connectivity index (χ4n) is 1.50. The second-order valence-corrected chi connectivity index (χ2v) is 3.21. The molecule has 2 rings (SSSR count). The van der Waals surface area contributed by atoms with Gasteiger partial charge in [0.2, 0.25) is 5.91 Å². The van der Waals surface area contributed by atoms with Crippen LogP contribution in [0, 0.1) is 0 Å². The van der Waals surface area contributed by atoms with Gasteiger partial charge in [0.25, 0.3) is 5.91 Å². The minimum atomic E-state index is -0.678. The molecule has 2 N–H and O–H groups in total. The summed E-state index contributed by atoms with van der Waals surface area (Å²) in [6.07, 6.45) is 0.105. The van der Waals surface area contributed by atoms with E-state index in [0.717, 1.165) is 4.90 Å². The third-order valence-corrected chi connectivity index (χ3v) is 2.20. The van der Waals surface area contributed by atoms with Gasteiger partial charge in [-0.2, -0.15) is 0 Å². The largest absolute Gasteiger partial charge is 0.319 e. The zero-order valence-electron chi connectivity index (χ0n) is 7.51. The van der Waals surface area contributed by atoms with E-state index < -0.39 is 6.04 Å². The molecule has 4 nitrogen and oxygen atoms in total. The molecule has 0 spiro atoms. The van der Waals surface area contributed by atoms with Gasteiger partial charge in [-0.15, -0.1) is 0 Å². The van der Waals surface area contributed by atoms with Crippen LogP contribution in [0.25, 0.3) is 0 Å². The first-order valence-electron chi connectivity index (χ1n) is 4.37. The van der Waals surface area contributed by atoms with Crippen molar-refractivity contribution in [3.8, 4) is 0 Å². The van der Waals surface area contributed by atoms with Gasteiger partial charge in [-0.3, -0.25) is 9.59 Å². The molecule has 1 aromatic carbocycles. The summed E-state index contributed by atoms with van der Waals surface area (Å²) < 4.78 is 0. The molecule has 0 aromatic heterocycles. The average Bonchev–Trinajstić information content (AvgIpc) is 2.43. The quantitative estimate of drug-likeness (QED) is 0.647. The average molecular weight is 190 g/mol. The van der Waals surface area contributed by atoms with Gasteiger partial charge in [0.15, 0.2) is 0 Å². The number of nitrogens with two attached hydrogens (primary N) is 1. The van der Waals surface area contributed by atoms with Gasteiger partial charge in [0, 0.05) is 0 Å². The number of anilines is 1. The van der Waals surface area contributed by atoms with Gasteiger partial charge in [-0.1, -0.05) is 18.2 Å². The van der Waals surface area contributed by atoms with Crippen molar-refractivity contribution in [2.45, 2.75) is 12.5 Å². The number of carbonyl (C=O) groups is 2. The van der Waals surface area contributed by atoms with Crippen LogP contribution in [0.15, 0.2) is 30.3 Å². The molecule has 0 radical (unpaired) electrons. The summed E-state index contributed by atoms with van der Waals surface area (Å²) in [6.45, 7) is 0. The number of hydrogen-bond donors (Lipinski definition) is 1. The van der Waals surface area contributed by atoms with Crippen LogP contribution in [0.4, 0.5) is 5.69 Å². The smallest absolute Gasteiger partial charge is 0.251 e. The predicted molar refractivity (Wildman–Crippen MR) is 51.5 cm³/mol. The van der Waals surface area contributed by atoms with Gasteiger partial charge in [-0.05, 0) is 12.1 Å². The Balaban J connectivity index is 2.36. The van der Waals surface area contributed by atoms with Gasteiger partial charge >= 0.3 is 0 Å². The number of para-hydroxylation sites is 1. The maximum absolute atomic E-state index is 11.5. The Labute approximate surface area is 81.3 Å². The molecule has 14 heavy (non-hydrogen) atoms. The normalized spacial score (nSPS) is 21.8. The van der Waals surface area contributed by atoms with Crippen LogP contribution in [0.1, 0.15) is 6.42 Å². The van der Waals surface area contributed by atoms with Crippen molar-refractivity contribution in [3.63, 3.8) is 0 Å². The first-order chi connectivity index (χ1) is 6.70. The lowest BCUT2D eigenvalue weighted by molar-refractivity contribution is -0.121. The number of nitrogens with zero attached hydrogens (tertiary/aromatic N) is 1. The fourth-order valence-corrected chi connectivity index (χ4v) is 1.50. The van der Waals surface area contributed by atoms with E-state index in [0.29, 0.717) is 5.69 Å². The van der Waals surface area contributed by atoms with E-state index >= 15 is 0 Å². The molecular formula is C10H10N2O2. The number of rotatable bonds is 1. The van der Waals surface area contributed by atoms with Crippen molar-refractivity contribution in [3.05, 3.63) is 30.3 Å². The van der Waals surface area contributed by atoms with Crippen LogP contribution in [-0.4, -0.2) is 17.9 Å². The summed E-state index contributed by atoms with van der Waals surface area (Å²) in [5.74, 6) is -0.546. The van der Waals surface area contributed by atoms with Gasteiger partial charge in [-0.25, -0.2) is 4.90 Å². The lowest BCUT2D eigenvalue weighted by Crippen LogP contribution is -2.35. The van der Waals surface area contributed by atoms with Crippen molar-refractivity contribution in [2.24, 2.45) is 5.73 Å². The van der Waals surface area contributed by atoms with Crippen LogP contribution < -0.4 is 10.6 Å². The second-order valence-electron chi connectivity index (χ2n) is 3.21. The Bertz CT molecular complexity index is 375. The number of amides is 2. The molecule has 1 fully saturated rings. The Kier molecular flexibility index (Phi) is 2.05. The molecule has 4 heteroatoms. The van der Waals surface area contributed by atoms with E-state index in [2.05, 4.69) is 0 Å². The highest BCUT2D eigenvalue weighted by Crippen LogP contribution is 2.20. The minimum absolute atomic E-state index is 0.105. The van der Waals surface area contributed by atoms with Gasteiger partial charge < -0.3 is 5.73 Å². The summed E-state index contributed by atoms with van der Waals surface area (Å²) in [7, 11) is 0. The summed E-state index contributed by atoms with van der Waals surface area (Å²) in [6, 6.07) is 8.14. The Hall–Kier alpha value is -1.68. The van der Waals surface area contributed by atoms with Crippen LogP contribution >= 0.6 is 0 Å². The topological polar surface area (TPSA) is 63.4 Å². The molecule has 0 unspecified atom stereocenters. The monoisotopic (exact) mass is 190 g/mol. The van der Waals surface area contributed by atoms with Crippen molar-refractivity contribution in [1.29, 1.82) is 0 Å². The van der Waals surface area contributed by atoms with Crippen LogP contribution in [0.5, 0.6) is 0 Å². The second kappa shape index (κ2) is 3.23. The third-order valence-electron chi connectivity index (χ3n) is 2.20. The maximum Gasteiger partial charge on any atom is 0.251 e. The summed E-state index contributed by atoms with van der Waals surface area (Å²) in [5.41, 5.74) is 6.08. The molecule has 2 amide bonds. The molecule has 1 heterocycles. The molecule has 1 aromatic rings. The molecular weight excluding hydrogens is 180 g/mol. The van der Waals surface area contributed by atoms with Crippen molar-refractivity contribution < 1.29 is 9.59 Å². The summed E-state index contributed by atoms with van der Waals surface area (Å²) >= 11 is 0. The number of hydrogen-bond acceptors (Lipinski definition) is 3. The lowest BCUT2D eigenvalue weighted by atomic mass is 10.3. The molecule has 0 bridgehead atoms. The number of carbonyl (C=O) groups excluding carboxylic acids is 2. The molecule has 0 saturated carbocycles. The molecule has 1 atom stereocenters. The number of imide groups is 1. The van der Waals surface area contributed by atoms with E-state index in [-0.39, 0.29) is 18.2 Å². The number of benzene rings is 1. The lowest BCUT2D eigenvalue weighted by Gasteiger charge is -2.13. The van der Waals surface area contributed by atoms with E-state index in [1.54, 1.807) is 24.3 Å². The third kappa shape index (κ3) is 1.29.